The summed E-state index contributed by atoms with van der Waals surface area (Å²) in [6.45, 7) is 5.73. The summed E-state index contributed by atoms with van der Waals surface area (Å²) in [5.41, 5.74) is 0. The highest BCUT2D eigenvalue weighted by Crippen LogP contribution is 2.42. The number of nitrogens with zero attached hydrogens (tertiary/aromatic N) is 1. The fourth-order valence-electron chi connectivity index (χ4n) is 3.98. The van der Waals surface area contributed by atoms with Crippen molar-refractivity contribution in [2.45, 2.75) is 63.7 Å². The molecule has 0 saturated carbocycles. The van der Waals surface area contributed by atoms with Crippen LogP contribution in [0.1, 0.15) is 50.4 Å². The van der Waals surface area contributed by atoms with Crippen LogP contribution in [0, 0.1) is 0 Å². The van der Waals surface area contributed by atoms with E-state index in [0.717, 1.165) is 24.7 Å². The Morgan fingerprint density at radius 2 is 2.11 bits per heavy atom. The summed E-state index contributed by atoms with van der Waals surface area (Å²) >= 11 is 1.91. The molecule has 0 spiro atoms. The van der Waals surface area contributed by atoms with Crippen molar-refractivity contribution in [2.75, 3.05) is 6.54 Å². The first kappa shape index (κ1) is 12.6. The number of hydrogen-bond donors (Lipinski definition) is 1. The Kier molecular flexibility index (Phi) is 3.73. The van der Waals surface area contributed by atoms with Crippen molar-refractivity contribution in [1.29, 1.82) is 0 Å². The highest BCUT2D eigenvalue weighted by molar-refractivity contribution is 7.10. The molecule has 0 aliphatic carbocycles. The molecule has 2 aliphatic heterocycles. The summed E-state index contributed by atoms with van der Waals surface area (Å²) in [4.78, 5) is 4.34. The predicted molar refractivity (Wildman–Crippen MR) is 78.1 cm³/mol. The standard InChI is InChI=1S/C15H24N2S/c1-3-16-12-9-13-6-7-14(10-12)17(13)11(2)15-5-4-8-18-15/h4-5,8,11-14,16H,3,6-7,9-10H2,1-2H3. The van der Waals surface area contributed by atoms with Gasteiger partial charge in [-0.2, -0.15) is 0 Å². The Morgan fingerprint density at radius 3 is 2.67 bits per heavy atom. The normalized spacial score (nSPS) is 33.8. The molecule has 3 heterocycles. The van der Waals surface area contributed by atoms with Crippen LogP contribution < -0.4 is 5.32 Å². The maximum Gasteiger partial charge on any atom is 0.0419 e. The molecule has 0 aromatic carbocycles. The van der Waals surface area contributed by atoms with Gasteiger partial charge < -0.3 is 5.32 Å². The molecular weight excluding hydrogens is 240 g/mol. The molecule has 100 valence electrons. The van der Waals surface area contributed by atoms with Gasteiger partial charge in [-0.25, -0.2) is 0 Å². The van der Waals surface area contributed by atoms with Crippen LogP contribution in [-0.2, 0) is 0 Å². The van der Waals surface area contributed by atoms with Gasteiger partial charge in [-0.3, -0.25) is 4.90 Å². The molecule has 2 fully saturated rings. The van der Waals surface area contributed by atoms with Crippen molar-refractivity contribution < 1.29 is 0 Å². The molecule has 2 nitrogen and oxygen atoms in total. The average molecular weight is 264 g/mol. The van der Waals surface area contributed by atoms with Crippen LogP contribution in [0.25, 0.3) is 0 Å². The van der Waals surface area contributed by atoms with Crippen LogP contribution in [0.2, 0.25) is 0 Å². The Hall–Kier alpha value is -0.380. The van der Waals surface area contributed by atoms with Crippen LogP contribution >= 0.6 is 11.3 Å². The number of rotatable bonds is 4. The Morgan fingerprint density at radius 1 is 1.39 bits per heavy atom. The van der Waals surface area contributed by atoms with Crippen molar-refractivity contribution >= 4 is 11.3 Å². The van der Waals surface area contributed by atoms with Crippen molar-refractivity contribution in [2.24, 2.45) is 0 Å². The number of nitrogens with one attached hydrogen (secondary N) is 1. The fraction of sp³-hybridized carbons (Fsp3) is 0.733. The zero-order valence-electron chi connectivity index (χ0n) is 11.4. The van der Waals surface area contributed by atoms with Gasteiger partial charge in [-0.15, -0.1) is 11.3 Å². The van der Waals surface area contributed by atoms with E-state index in [1.807, 2.05) is 11.3 Å². The van der Waals surface area contributed by atoms with Crippen molar-refractivity contribution in [3.05, 3.63) is 22.4 Å². The van der Waals surface area contributed by atoms with E-state index in [1.165, 1.54) is 30.6 Å². The lowest BCUT2D eigenvalue weighted by Gasteiger charge is -2.42. The Bertz CT molecular complexity index is 362. The maximum absolute atomic E-state index is 3.66. The van der Waals surface area contributed by atoms with Crippen LogP contribution in [0.15, 0.2) is 17.5 Å². The zero-order chi connectivity index (χ0) is 12.5. The summed E-state index contributed by atoms with van der Waals surface area (Å²) in [5.74, 6) is 0. The third-order valence-electron chi connectivity index (χ3n) is 4.68. The van der Waals surface area contributed by atoms with Crippen molar-refractivity contribution in [1.82, 2.24) is 10.2 Å². The van der Waals surface area contributed by atoms with E-state index in [4.69, 9.17) is 0 Å². The van der Waals surface area contributed by atoms with Gasteiger partial charge in [0.15, 0.2) is 0 Å². The van der Waals surface area contributed by atoms with Crippen LogP contribution in [0.3, 0.4) is 0 Å². The molecule has 3 atom stereocenters. The van der Waals surface area contributed by atoms with Gasteiger partial charge in [0.25, 0.3) is 0 Å². The molecule has 2 bridgehead atoms. The van der Waals surface area contributed by atoms with E-state index >= 15 is 0 Å². The molecule has 1 aromatic rings. The van der Waals surface area contributed by atoms with Crippen molar-refractivity contribution in [3.8, 4) is 0 Å². The van der Waals surface area contributed by atoms with Gasteiger partial charge in [0.1, 0.15) is 0 Å². The topological polar surface area (TPSA) is 15.3 Å². The minimum Gasteiger partial charge on any atom is -0.314 e. The molecule has 1 aromatic heterocycles. The quantitative estimate of drug-likeness (QED) is 0.896. The lowest BCUT2D eigenvalue weighted by Crippen LogP contribution is -2.49. The minimum atomic E-state index is 0.616. The van der Waals surface area contributed by atoms with Gasteiger partial charge in [0.2, 0.25) is 0 Å². The molecular formula is C15H24N2S. The molecule has 3 rings (SSSR count). The monoisotopic (exact) mass is 264 g/mol. The third kappa shape index (κ3) is 2.24. The van der Waals surface area contributed by atoms with Crippen LogP contribution in [0.5, 0.6) is 0 Å². The molecule has 0 radical (unpaired) electrons. The fourth-order valence-corrected chi connectivity index (χ4v) is 4.77. The molecule has 2 aliphatic rings. The first-order valence-electron chi connectivity index (χ1n) is 7.33. The highest BCUT2D eigenvalue weighted by atomic mass is 32.1. The molecule has 0 amide bonds. The SMILES string of the molecule is CCNC1CC2CCC(C1)N2C(C)c1cccs1. The predicted octanol–water partition coefficient (Wildman–Crippen LogP) is 3.41. The molecule has 3 heteroatoms. The van der Waals surface area contributed by atoms with Crippen LogP contribution in [-0.4, -0.2) is 29.6 Å². The van der Waals surface area contributed by atoms with Gasteiger partial charge in [-0.1, -0.05) is 13.0 Å². The number of hydrogen-bond acceptors (Lipinski definition) is 3. The maximum atomic E-state index is 3.66. The second-order valence-electron chi connectivity index (χ2n) is 5.75. The second kappa shape index (κ2) is 5.32. The largest absolute Gasteiger partial charge is 0.314 e. The summed E-state index contributed by atoms with van der Waals surface area (Å²) in [6.07, 6.45) is 5.50. The van der Waals surface area contributed by atoms with Crippen molar-refractivity contribution in [3.63, 3.8) is 0 Å². The summed E-state index contributed by atoms with van der Waals surface area (Å²) in [6, 6.07) is 7.48. The van der Waals surface area contributed by atoms with E-state index in [9.17, 15) is 0 Å². The molecule has 18 heavy (non-hydrogen) atoms. The second-order valence-corrected chi connectivity index (χ2v) is 6.73. The third-order valence-corrected chi connectivity index (χ3v) is 5.73. The number of piperidine rings is 1. The van der Waals surface area contributed by atoms with Gasteiger partial charge >= 0.3 is 0 Å². The number of fused-ring (bicyclic) bond motifs is 2. The van der Waals surface area contributed by atoms with E-state index < -0.39 is 0 Å². The summed E-state index contributed by atoms with van der Waals surface area (Å²) < 4.78 is 0. The van der Waals surface area contributed by atoms with E-state index in [1.54, 1.807) is 0 Å². The lowest BCUT2D eigenvalue weighted by molar-refractivity contribution is 0.0790. The zero-order valence-corrected chi connectivity index (χ0v) is 12.2. The van der Waals surface area contributed by atoms with Gasteiger partial charge in [-0.05, 0) is 50.6 Å². The smallest absolute Gasteiger partial charge is 0.0419 e. The first-order chi connectivity index (χ1) is 8.79. The molecule has 2 saturated heterocycles. The number of thiophene rings is 1. The molecule has 3 unspecified atom stereocenters. The summed E-state index contributed by atoms with van der Waals surface area (Å²) in [7, 11) is 0. The van der Waals surface area contributed by atoms with E-state index in [0.29, 0.717) is 6.04 Å². The Balaban J connectivity index is 1.72. The van der Waals surface area contributed by atoms with Gasteiger partial charge in [0.05, 0.1) is 0 Å². The average Bonchev–Trinajstić information content (AvgIpc) is 2.97. The highest BCUT2D eigenvalue weighted by Gasteiger charge is 2.42. The summed E-state index contributed by atoms with van der Waals surface area (Å²) in [5, 5.41) is 5.86. The molecule has 1 N–H and O–H groups in total. The van der Waals surface area contributed by atoms with E-state index in [-0.39, 0.29) is 0 Å². The van der Waals surface area contributed by atoms with Gasteiger partial charge in [0, 0.05) is 29.0 Å². The van der Waals surface area contributed by atoms with Crippen LogP contribution in [0.4, 0.5) is 0 Å². The minimum absolute atomic E-state index is 0.616. The Labute approximate surface area is 114 Å². The first-order valence-corrected chi connectivity index (χ1v) is 8.21. The van der Waals surface area contributed by atoms with E-state index in [2.05, 4.69) is 41.6 Å². The lowest BCUT2D eigenvalue weighted by atomic mass is 9.95.